The minimum atomic E-state index is -2.10. The minimum absolute atomic E-state index is 0.0413. The quantitative estimate of drug-likeness (QED) is 0.0309. The molecule has 0 spiro atoms. The summed E-state index contributed by atoms with van der Waals surface area (Å²) in [6.07, 6.45) is 4.91. The van der Waals surface area contributed by atoms with Crippen LogP contribution in [0.5, 0.6) is 0 Å². The average molecular weight is 791 g/mol. The smallest absolute Gasteiger partial charge is 0.385 e. The fraction of sp³-hybridized carbons (Fsp3) is 0.815. The molecule has 0 aliphatic carbocycles. The van der Waals surface area contributed by atoms with Crippen LogP contribution >= 0.6 is 23.2 Å². The summed E-state index contributed by atoms with van der Waals surface area (Å²) in [5.41, 5.74) is 7.83. The molecule has 0 bridgehead atoms. The van der Waals surface area contributed by atoms with Crippen molar-refractivity contribution in [2.24, 2.45) is 5.11 Å². The van der Waals surface area contributed by atoms with Crippen molar-refractivity contribution >= 4 is 74.3 Å². The first-order valence-electron chi connectivity index (χ1n) is 15.9. The molecule has 0 unspecified atom stereocenters. The van der Waals surface area contributed by atoms with Crippen LogP contribution in [0.1, 0.15) is 49.0 Å². The molecule has 0 atom stereocenters. The Kier molecular flexibility index (Phi) is 24.7. The fourth-order valence-electron chi connectivity index (χ4n) is 3.59. The number of rotatable bonds is 16. The Bertz CT molecular complexity index is 1100. The van der Waals surface area contributed by atoms with E-state index in [4.69, 9.17) is 33.6 Å². The Morgan fingerprint density at radius 2 is 1.25 bits per heavy atom. The van der Waals surface area contributed by atoms with Gasteiger partial charge in [-0.05, 0) is 108 Å². The van der Waals surface area contributed by atoms with Crippen molar-refractivity contribution < 1.29 is 38.4 Å². The summed E-state index contributed by atoms with van der Waals surface area (Å²) in [5, 5.41) is 11.3. The standard InChI is InChI=1S/C12H18N4O5Si.2C5H13ClOSi.C5H13N3OSi/c1-22(2,20)7-3-6-15-8-9(13-14-15)12(19)21-16-10(17)4-5-11(16)18;2*1-8(2,7)5-3-4-6;1-10(2,9)5-3-4-7-8-6/h8,20H,3-7H2,1-2H3;2*7H,3-5H2,1-2H3;9H,3-5H2,1-2H3. The molecule has 4 N–H and O–H groups in total. The Morgan fingerprint density at radius 3 is 1.62 bits per heavy atom. The van der Waals surface area contributed by atoms with E-state index in [2.05, 4.69) is 20.3 Å². The Labute approximate surface area is 299 Å². The second-order valence-electron chi connectivity index (χ2n) is 13.8. The highest BCUT2D eigenvalue weighted by Crippen LogP contribution is 2.14. The van der Waals surface area contributed by atoms with Gasteiger partial charge in [0.1, 0.15) is 0 Å². The van der Waals surface area contributed by atoms with Crippen LogP contribution in [0, 0.1) is 0 Å². The van der Waals surface area contributed by atoms with Gasteiger partial charge in [0.25, 0.3) is 11.8 Å². The highest BCUT2D eigenvalue weighted by molar-refractivity contribution is 6.70. The first kappa shape index (κ1) is 48.5. The summed E-state index contributed by atoms with van der Waals surface area (Å²) in [4.78, 5) is 79.4. The number of aromatic nitrogens is 3. The van der Waals surface area contributed by atoms with Crippen molar-refractivity contribution in [2.45, 2.75) is 122 Å². The number of aryl methyl sites for hydroxylation is 1. The van der Waals surface area contributed by atoms with Crippen molar-refractivity contribution in [3.63, 3.8) is 0 Å². The number of carbonyl (C=O) groups excluding carboxylic acids is 3. The van der Waals surface area contributed by atoms with Crippen LogP contribution in [0.3, 0.4) is 0 Å². The van der Waals surface area contributed by atoms with E-state index in [1.54, 1.807) is 0 Å². The monoisotopic (exact) mass is 789 g/mol. The van der Waals surface area contributed by atoms with Crippen molar-refractivity contribution in [1.29, 1.82) is 0 Å². The second kappa shape index (κ2) is 24.5. The topological polar surface area (TPSA) is 224 Å². The molecule has 2 rings (SSSR count). The molecule has 1 aliphatic heterocycles. The van der Waals surface area contributed by atoms with Crippen molar-refractivity contribution in [1.82, 2.24) is 20.1 Å². The zero-order valence-corrected chi connectivity index (χ0v) is 35.3. The highest BCUT2D eigenvalue weighted by atomic mass is 35.5. The average Bonchev–Trinajstić information content (AvgIpc) is 3.54. The fourth-order valence-corrected chi connectivity index (χ4v) is 8.43. The summed E-state index contributed by atoms with van der Waals surface area (Å²) >= 11 is 10.8. The number of imide groups is 1. The minimum Gasteiger partial charge on any atom is -0.432 e. The number of amides is 2. The Hall–Kier alpha value is -1.65. The molecule has 0 aromatic carbocycles. The number of alkyl halides is 2. The molecule has 1 saturated heterocycles. The number of hydroxylamine groups is 2. The molecule has 1 fully saturated rings. The molecule has 48 heavy (non-hydrogen) atoms. The van der Waals surface area contributed by atoms with Gasteiger partial charge in [-0.3, -0.25) is 14.3 Å². The third-order valence-electron chi connectivity index (χ3n) is 6.06. The van der Waals surface area contributed by atoms with Gasteiger partial charge in [-0.25, -0.2) is 4.79 Å². The van der Waals surface area contributed by atoms with Gasteiger partial charge < -0.3 is 24.0 Å². The molecule has 0 saturated carbocycles. The molecule has 0 radical (unpaired) electrons. The van der Waals surface area contributed by atoms with Crippen molar-refractivity contribution in [3.05, 3.63) is 22.3 Å². The summed E-state index contributed by atoms with van der Waals surface area (Å²) in [6.45, 7) is 16.2. The van der Waals surface area contributed by atoms with E-state index in [0.29, 0.717) is 36.0 Å². The normalized spacial score (nSPS) is 13.3. The van der Waals surface area contributed by atoms with Gasteiger partial charge in [-0.15, -0.1) is 33.4 Å². The molecule has 1 aromatic heterocycles. The predicted octanol–water partition coefficient (Wildman–Crippen LogP) is 5.60. The summed E-state index contributed by atoms with van der Waals surface area (Å²) in [5.74, 6) is -0.623. The lowest BCUT2D eigenvalue weighted by Gasteiger charge is -2.12. The number of hydrogen-bond donors (Lipinski definition) is 4. The maximum atomic E-state index is 11.8. The SMILES string of the molecule is C[Si](C)(O)CCCCl.C[Si](C)(O)CCCCl.C[Si](C)(O)CCCN=[N+]=[N-].C[Si](C)(O)CCCn1cc(C(=O)ON2C(=O)CCC2=O)nn1. The van der Waals surface area contributed by atoms with E-state index in [-0.39, 0.29) is 18.5 Å². The van der Waals surface area contributed by atoms with Gasteiger partial charge in [0.2, 0.25) is 0 Å². The van der Waals surface area contributed by atoms with E-state index in [1.807, 2.05) is 52.4 Å². The maximum absolute atomic E-state index is 11.8. The van der Waals surface area contributed by atoms with Crippen LogP contribution < -0.4 is 0 Å². The third kappa shape index (κ3) is 30.4. The summed E-state index contributed by atoms with van der Waals surface area (Å²) in [6, 6.07) is 3.38. The molecule has 1 aromatic rings. The van der Waals surface area contributed by atoms with Crippen molar-refractivity contribution in [3.8, 4) is 0 Å². The summed E-state index contributed by atoms with van der Waals surface area (Å²) < 4.78 is 1.46. The number of halogens is 2. The van der Waals surface area contributed by atoms with Crippen LogP contribution in [0.15, 0.2) is 11.3 Å². The third-order valence-corrected chi connectivity index (χ3v) is 12.9. The number of carbonyl (C=O) groups is 3. The predicted molar refractivity (Wildman–Crippen MR) is 198 cm³/mol. The largest absolute Gasteiger partial charge is 0.432 e. The first-order chi connectivity index (χ1) is 21.9. The number of hydrogen-bond acceptors (Lipinski definition) is 11. The van der Waals surface area contributed by atoms with Gasteiger partial charge in [-0.1, -0.05) is 10.3 Å². The van der Waals surface area contributed by atoms with E-state index in [9.17, 15) is 33.6 Å². The van der Waals surface area contributed by atoms with E-state index >= 15 is 0 Å². The van der Waals surface area contributed by atoms with E-state index < -0.39 is 51.1 Å². The van der Waals surface area contributed by atoms with Crippen LogP contribution in [0.4, 0.5) is 0 Å². The molecule has 278 valence electrons. The Balaban J connectivity index is 0. The van der Waals surface area contributed by atoms with Crippen molar-refractivity contribution in [2.75, 3.05) is 18.3 Å². The second-order valence-corrected chi connectivity index (χ2v) is 31.1. The highest BCUT2D eigenvalue weighted by Gasteiger charge is 2.33. The van der Waals surface area contributed by atoms with Gasteiger partial charge >= 0.3 is 5.97 Å². The van der Waals surface area contributed by atoms with Gasteiger partial charge in [0.05, 0.1) is 6.20 Å². The number of azide groups is 1. The van der Waals surface area contributed by atoms with Crippen LogP contribution in [0.2, 0.25) is 76.6 Å². The molecule has 2 heterocycles. The summed E-state index contributed by atoms with van der Waals surface area (Å²) in [7, 11) is -7.52. The number of nitrogens with zero attached hydrogens (tertiary/aromatic N) is 7. The molecular weight excluding hydrogens is 734 g/mol. The van der Waals surface area contributed by atoms with Gasteiger partial charge in [0, 0.05) is 42.6 Å². The van der Waals surface area contributed by atoms with Crippen LogP contribution in [-0.2, 0) is 21.0 Å². The molecule has 15 nitrogen and oxygen atoms in total. The molecule has 1 aliphatic rings. The zero-order chi connectivity index (χ0) is 37.6. The van der Waals surface area contributed by atoms with Crippen LogP contribution in [-0.4, -0.2) is 109 Å². The lowest BCUT2D eigenvalue weighted by molar-refractivity contribution is -0.172. The molecule has 2 amide bonds. The lowest BCUT2D eigenvalue weighted by atomic mass is 10.4. The maximum Gasteiger partial charge on any atom is 0.385 e. The zero-order valence-electron chi connectivity index (χ0n) is 29.8. The van der Waals surface area contributed by atoms with Crippen LogP contribution in [0.25, 0.3) is 10.4 Å². The first-order valence-corrected chi connectivity index (χ1v) is 29.6. The lowest BCUT2D eigenvalue weighted by Crippen LogP contribution is -2.32. The van der Waals surface area contributed by atoms with E-state index in [0.717, 1.165) is 43.8 Å². The molecule has 21 heteroatoms. The molecular formula is C27H57Cl2N7O8Si4. The Morgan fingerprint density at radius 1 is 0.833 bits per heavy atom. The van der Waals surface area contributed by atoms with E-state index in [1.165, 1.54) is 10.9 Å². The van der Waals surface area contributed by atoms with Gasteiger partial charge in [0.15, 0.2) is 39.0 Å². The van der Waals surface area contributed by atoms with Gasteiger partial charge in [-0.2, -0.15) is 0 Å².